The Hall–Kier alpha value is -3.83. The molecule has 162 valence electrons. The Morgan fingerprint density at radius 3 is 2.31 bits per heavy atom. The van der Waals surface area contributed by atoms with Gasteiger partial charge in [0.1, 0.15) is 5.75 Å². The number of nitro benzene ring substituents is 2. The minimum atomic E-state index is -0.763. The minimum Gasteiger partial charge on any atom is -0.449 e. The summed E-state index contributed by atoms with van der Waals surface area (Å²) in [5.41, 5.74) is 2.41. The number of hydrazone groups is 1. The maximum Gasteiger partial charge on any atom is 0.318 e. The molecule has 3 rings (SSSR count). The molecule has 0 radical (unpaired) electrons. The van der Waals surface area contributed by atoms with Gasteiger partial charge in [0.25, 0.3) is 11.6 Å². The van der Waals surface area contributed by atoms with Crippen molar-refractivity contribution in [2.75, 3.05) is 0 Å². The van der Waals surface area contributed by atoms with Gasteiger partial charge in [-0.3, -0.25) is 25.0 Å². The molecule has 0 spiro atoms. The van der Waals surface area contributed by atoms with E-state index in [0.29, 0.717) is 20.6 Å². The van der Waals surface area contributed by atoms with E-state index in [0.717, 1.165) is 18.2 Å². The Morgan fingerprint density at radius 1 is 1.00 bits per heavy atom. The lowest BCUT2D eigenvalue weighted by atomic mass is 10.2. The Kier molecular flexibility index (Phi) is 7.13. The predicted octanol–water partition coefficient (Wildman–Crippen LogP) is 5.48. The van der Waals surface area contributed by atoms with Crippen LogP contribution in [0.15, 0.2) is 70.2 Å². The van der Waals surface area contributed by atoms with E-state index in [-0.39, 0.29) is 11.5 Å². The second-order valence-corrected chi connectivity index (χ2v) is 7.45. The van der Waals surface area contributed by atoms with Crippen molar-refractivity contribution in [3.05, 3.63) is 102 Å². The third kappa shape index (κ3) is 5.65. The summed E-state index contributed by atoms with van der Waals surface area (Å²) >= 11 is 9.09. The molecule has 32 heavy (non-hydrogen) atoms. The fourth-order valence-electron chi connectivity index (χ4n) is 2.48. The van der Waals surface area contributed by atoms with Crippen LogP contribution in [-0.2, 0) is 0 Å². The molecule has 0 saturated carbocycles. The first-order valence-corrected chi connectivity index (χ1v) is 9.91. The first-order valence-electron chi connectivity index (χ1n) is 8.74. The molecule has 1 amide bonds. The molecule has 12 heteroatoms. The predicted molar refractivity (Wildman–Crippen MR) is 120 cm³/mol. The van der Waals surface area contributed by atoms with Gasteiger partial charge < -0.3 is 4.74 Å². The van der Waals surface area contributed by atoms with E-state index in [9.17, 15) is 25.0 Å². The molecule has 0 aromatic heterocycles. The summed E-state index contributed by atoms with van der Waals surface area (Å²) in [5.74, 6) is -0.329. The molecule has 0 atom stereocenters. The van der Waals surface area contributed by atoms with Crippen molar-refractivity contribution in [2.45, 2.75) is 0 Å². The first-order chi connectivity index (χ1) is 15.2. The number of carbonyl (C=O) groups is 1. The van der Waals surface area contributed by atoms with Crippen LogP contribution in [0.4, 0.5) is 11.4 Å². The number of rotatable bonds is 7. The molecule has 10 nitrogen and oxygen atoms in total. The number of nitro groups is 2. The van der Waals surface area contributed by atoms with Crippen LogP contribution in [-0.4, -0.2) is 22.0 Å². The van der Waals surface area contributed by atoms with Gasteiger partial charge >= 0.3 is 5.69 Å². The average Bonchev–Trinajstić information content (AvgIpc) is 2.76. The number of hydrogen-bond donors (Lipinski definition) is 1. The van der Waals surface area contributed by atoms with E-state index in [1.165, 1.54) is 12.3 Å². The fourth-order valence-corrected chi connectivity index (χ4v) is 3.08. The van der Waals surface area contributed by atoms with E-state index >= 15 is 0 Å². The molecule has 0 bridgehead atoms. The highest BCUT2D eigenvalue weighted by Crippen LogP contribution is 2.37. The topological polar surface area (TPSA) is 137 Å². The van der Waals surface area contributed by atoms with Crippen LogP contribution in [0, 0.1) is 20.2 Å². The molecule has 0 heterocycles. The lowest BCUT2D eigenvalue weighted by molar-refractivity contribution is -0.394. The summed E-state index contributed by atoms with van der Waals surface area (Å²) in [7, 11) is 0. The van der Waals surface area contributed by atoms with E-state index in [1.54, 1.807) is 36.4 Å². The highest BCUT2D eigenvalue weighted by Gasteiger charge is 2.21. The number of non-ortho nitro benzene ring substituents is 1. The standard InChI is InChI=1S/C20H12BrClN4O6/c21-16-9-12(11-23-24-20(27)13-2-4-14(22)5-3-13)1-7-18(16)32-19-8-6-15(25(28)29)10-17(19)26(30)31/h1-11H,(H,24,27)/b23-11-. The van der Waals surface area contributed by atoms with Crippen LogP contribution in [0.2, 0.25) is 5.02 Å². The minimum absolute atomic E-state index is 0.155. The summed E-state index contributed by atoms with van der Waals surface area (Å²) in [6, 6.07) is 14.1. The maximum atomic E-state index is 12.0. The third-order valence-corrected chi connectivity index (χ3v) is 4.88. The Morgan fingerprint density at radius 2 is 1.69 bits per heavy atom. The van der Waals surface area contributed by atoms with Crippen LogP contribution in [0.3, 0.4) is 0 Å². The van der Waals surface area contributed by atoms with Crippen molar-refractivity contribution in [3.8, 4) is 11.5 Å². The zero-order valence-electron chi connectivity index (χ0n) is 15.9. The number of amides is 1. The van der Waals surface area contributed by atoms with Crippen LogP contribution >= 0.6 is 27.5 Å². The smallest absolute Gasteiger partial charge is 0.318 e. The zero-order valence-corrected chi connectivity index (χ0v) is 18.2. The van der Waals surface area contributed by atoms with Gasteiger partial charge in [0, 0.05) is 16.7 Å². The molecule has 0 saturated heterocycles. The lowest BCUT2D eigenvalue weighted by Crippen LogP contribution is -2.17. The van der Waals surface area contributed by atoms with Crippen molar-refractivity contribution in [1.82, 2.24) is 5.43 Å². The number of nitrogens with zero attached hydrogens (tertiary/aromatic N) is 3. The second kappa shape index (κ2) is 9.98. The van der Waals surface area contributed by atoms with E-state index in [4.69, 9.17) is 16.3 Å². The molecule has 0 aliphatic heterocycles. The van der Waals surface area contributed by atoms with Gasteiger partial charge in [-0.15, -0.1) is 0 Å². The van der Waals surface area contributed by atoms with Crippen LogP contribution in [0.25, 0.3) is 0 Å². The number of nitrogens with one attached hydrogen (secondary N) is 1. The van der Waals surface area contributed by atoms with E-state index < -0.39 is 27.1 Å². The largest absolute Gasteiger partial charge is 0.449 e. The van der Waals surface area contributed by atoms with Gasteiger partial charge in [-0.1, -0.05) is 11.6 Å². The van der Waals surface area contributed by atoms with Crippen molar-refractivity contribution in [1.29, 1.82) is 0 Å². The molecule has 3 aromatic carbocycles. The molecular formula is C20H12BrClN4O6. The fraction of sp³-hybridized carbons (Fsp3) is 0. The van der Waals surface area contributed by atoms with Gasteiger partial charge in [-0.2, -0.15) is 5.10 Å². The molecule has 0 aliphatic carbocycles. The molecule has 0 fully saturated rings. The SMILES string of the molecule is O=C(N/N=C\c1ccc(Oc2ccc([N+](=O)[O-])cc2[N+](=O)[O-])c(Br)c1)c1ccc(Cl)cc1. The third-order valence-electron chi connectivity index (χ3n) is 4.01. The van der Waals surface area contributed by atoms with Crippen molar-refractivity contribution >= 4 is 51.0 Å². The summed E-state index contributed by atoms with van der Waals surface area (Å²) in [4.78, 5) is 32.6. The van der Waals surface area contributed by atoms with E-state index in [2.05, 4.69) is 26.5 Å². The van der Waals surface area contributed by atoms with E-state index in [1.807, 2.05) is 0 Å². The second-order valence-electron chi connectivity index (χ2n) is 6.16. The Balaban J connectivity index is 1.72. The van der Waals surface area contributed by atoms with Crippen LogP contribution in [0.1, 0.15) is 15.9 Å². The van der Waals surface area contributed by atoms with Gasteiger partial charge in [-0.05, 0) is 70.0 Å². The highest BCUT2D eigenvalue weighted by molar-refractivity contribution is 9.10. The van der Waals surface area contributed by atoms with Gasteiger partial charge in [-0.25, -0.2) is 5.43 Å². The molecule has 0 aliphatic rings. The highest BCUT2D eigenvalue weighted by atomic mass is 79.9. The summed E-state index contributed by atoms with van der Waals surface area (Å²) in [5, 5.41) is 26.5. The van der Waals surface area contributed by atoms with Gasteiger partial charge in [0.15, 0.2) is 0 Å². The summed E-state index contributed by atoms with van der Waals surface area (Å²) < 4.78 is 6.01. The summed E-state index contributed by atoms with van der Waals surface area (Å²) in [6.45, 7) is 0. The molecule has 1 N–H and O–H groups in total. The van der Waals surface area contributed by atoms with Crippen LogP contribution < -0.4 is 10.2 Å². The quantitative estimate of drug-likeness (QED) is 0.249. The maximum absolute atomic E-state index is 12.0. The first kappa shape index (κ1) is 22.8. The molecule has 3 aromatic rings. The lowest BCUT2D eigenvalue weighted by Gasteiger charge is -2.08. The summed E-state index contributed by atoms with van der Waals surface area (Å²) in [6.07, 6.45) is 1.40. The number of ether oxygens (including phenoxy) is 1. The van der Waals surface area contributed by atoms with Gasteiger partial charge in [0.2, 0.25) is 5.75 Å². The van der Waals surface area contributed by atoms with Crippen molar-refractivity contribution in [2.24, 2.45) is 5.10 Å². The van der Waals surface area contributed by atoms with Crippen molar-refractivity contribution < 1.29 is 19.4 Å². The number of halogens is 2. The Bertz CT molecular complexity index is 1230. The number of carbonyl (C=O) groups excluding carboxylic acids is 1. The molecule has 0 unspecified atom stereocenters. The van der Waals surface area contributed by atoms with Crippen molar-refractivity contribution in [3.63, 3.8) is 0 Å². The normalized spacial score (nSPS) is 10.7. The molecular weight excluding hydrogens is 508 g/mol. The number of hydrogen-bond acceptors (Lipinski definition) is 7. The number of benzene rings is 3. The average molecular weight is 520 g/mol. The zero-order chi connectivity index (χ0) is 23.3. The van der Waals surface area contributed by atoms with Gasteiger partial charge in [0.05, 0.1) is 26.6 Å². The van der Waals surface area contributed by atoms with Crippen LogP contribution in [0.5, 0.6) is 11.5 Å². The monoisotopic (exact) mass is 518 g/mol. The Labute approximate surface area is 193 Å².